The van der Waals surface area contributed by atoms with E-state index in [1.165, 1.54) is 0 Å². The van der Waals surface area contributed by atoms with E-state index >= 15 is 0 Å². The number of para-hydroxylation sites is 1. The Morgan fingerprint density at radius 3 is 2.40 bits per heavy atom. The van der Waals surface area contributed by atoms with E-state index in [0.717, 1.165) is 22.2 Å². The van der Waals surface area contributed by atoms with E-state index in [2.05, 4.69) is 5.10 Å². The van der Waals surface area contributed by atoms with Gasteiger partial charge in [0, 0.05) is 10.9 Å². The van der Waals surface area contributed by atoms with Crippen molar-refractivity contribution in [3.63, 3.8) is 0 Å². The quantitative estimate of drug-likeness (QED) is 0.490. The highest BCUT2D eigenvalue weighted by molar-refractivity contribution is 6.08. The summed E-state index contributed by atoms with van der Waals surface area (Å²) < 4.78 is 7.94. The number of hydrogen-bond donors (Lipinski definition) is 2. The zero-order chi connectivity index (χ0) is 17.9. The molecule has 2 aromatic heterocycles. The summed E-state index contributed by atoms with van der Waals surface area (Å²) in [6.07, 6.45) is 0. The Hall–Kier alpha value is -2.95. The molecular weight excluding hydrogens is 316 g/mol. The van der Waals surface area contributed by atoms with Gasteiger partial charge in [-0.3, -0.25) is 0 Å². The number of benzene rings is 2. The van der Waals surface area contributed by atoms with Crippen molar-refractivity contribution < 1.29 is 14.6 Å². The average Bonchev–Trinajstić information content (AvgIpc) is 3.06. The molecule has 4 aromatic rings. The van der Waals surface area contributed by atoms with E-state index in [1.807, 2.05) is 58.0 Å². The molecule has 0 spiro atoms. The monoisotopic (exact) mass is 336 g/mol. The number of aromatic nitrogens is 2. The van der Waals surface area contributed by atoms with E-state index in [0.29, 0.717) is 16.9 Å². The first kappa shape index (κ1) is 15.6. The fourth-order valence-electron chi connectivity index (χ4n) is 3.38. The molecule has 5 nitrogen and oxygen atoms in total. The second-order valence-corrected chi connectivity index (χ2v) is 7.36. The van der Waals surface area contributed by atoms with Gasteiger partial charge in [0.1, 0.15) is 5.58 Å². The second-order valence-electron chi connectivity index (χ2n) is 7.36. The van der Waals surface area contributed by atoms with Gasteiger partial charge in [0.15, 0.2) is 11.5 Å². The Morgan fingerprint density at radius 1 is 1.08 bits per heavy atom. The molecule has 128 valence electrons. The number of nitrogens with zero attached hydrogens (tertiary/aromatic N) is 2. The molecule has 4 rings (SSSR count). The number of fused-ring (bicyclic) bond motifs is 3. The molecule has 0 aliphatic heterocycles. The van der Waals surface area contributed by atoms with Crippen LogP contribution < -0.4 is 0 Å². The van der Waals surface area contributed by atoms with Crippen molar-refractivity contribution in [3.05, 3.63) is 47.7 Å². The second kappa shape index (κ2) is 5.02. The Bertz CT molecular complexity index is 1100. The zero-order valence-corrected chi connectivity index (χ0v) is 14.7. The predicted molar refractivity (Wildman–Crippen MR) is 97.6 cm³/mol. The standard InChI is InChI=1S/C20H20N2O3/c1-11-15-13-10-14(23)17(24)16(20(2,3)4)18(13)25-19(15)22(21-11)12-8-6-5-7-9-12/h5-10,23-24H,1-4H3. The van der Waals surface area contributed by atoms with Crippen molar-refractivity contribution in [2.75, 3.05) is 0 Å². The Morgan fingerprint density at radius 2 is 1.76 bits per heavy atom. The van der Waals surface area contributed by atoms with Crippen LogP contribution in [-0.2, 0) is 5.41 Å². The number of rotatable bonds is 1. The SMILES string of the molecule is Cc1nn(-c2ccccc2)c2oc3c(C(C)(C)C)c(O)c(O)cc3c12. The van der Waals surface area contributed by atoms with Crippen LogP contribution >= 0.6 is 0 Å². The molecule has 0 saturated heterocycles. The Kier molecular flexibility index (Phi) is 3.13. The van der Waals surface area contributed by atoms with Gasteiger partial charge in [-0.15, -0.1) is 0 Å². The van der Waals surface area contributed by atoms with E-state index in [4.69, 9.17) is 4.42 Å². The summed E-state index contributed by atoms with van der Waals surface area (Å²) in [4.78, 5) is 0. The fraction of sp³-hybridized carbons (Fsp3) is 0.250. The first-order valence-corrected chi connectivity index (χ1v) is 8.21. The summed E-state index contributed by atoms with van der Waals surface area (Å²) in [5.41, 5.74) is 3.10. The molecule has 0 bridgehead atoms. The lowest BCUT2D eigenvalue weighted by atomic mass is 9.85. The molecule has 0 aliphatic rings. The number of furan rings is 1. The highest BCUT2D eigenvalue weighted by Gasteiger charge is 2.29. The largest absolute Gasteiger partial charge is 0.504 e. The summed E-state index contributed by atoms with van der Waals surface area (Å²) in [6.45, 7) is 7.84. The summed E-state index contributed by atoms with van der Waals surface area (Å²) in [6, 6.07) is 11.3. The first-order chi connectivity index (χ1) is 11.8. The van der Waals surface area contributed by atoms with Gasteiger partial charge in [-0.05, 0) is 30.5 Å². The van der Waals surface area contributed by atoms with E-state index < -0.39 is 5.41 Å². The van der Waals surface area contributed by atoms with E-state index in [-0.39, 0.29) is 11.5 Å². The molecule has 25 heavy (non-hydrogen) atoms. The number of hydrogen-bond acceptors (Lipinski definition) is 4. The average molecular weight is 336 g/mol. The van der Waals surface area contributed by atoms with Crippen LogP contribution in [-0.4, -0.2) is 20.0 Å². The minimum Gasteiger partial charge on any atom is -0.504 e. The van der Waals surface area contributed by atoms with Crippen molar-refractivity contribution in [2.24, 2.45) is 0 Å². The molecule has 2 N–H and O–H groups in total. The van der Waals surface area contributed by atoms with Crippen LogP contribution in [0.2, 0.25) is 0 Å². The zero-order valence-electron chi connectivity index (χ0n) is 14.7. The highest BCUT2D eigenvalue weighted by Crippen LogP contribution is 2.46. The normalized spacial score (nSPS) is 12.3. The van der Waals surface area contributed by atoms with Crippen LogP contribution in [0.1, 0.15) is 32.0 Å². The Balaban J connectivity index is 2.16. The lowest BCUT2D eigenvalue weighted by molar-refractivity contribution is 0.389. The van der Waals surface area contributed by atoms with Crippen molar-refractivity contribution in [1.29, 1.82) is 0 Å². The molecule has 2 aromatic carbocycles. The topological polar surface area (TPSA) is 71.4 Å². The number of phenols is 2. The van der Waals surface area contributed by atoms with Gasteiger partial charge in [-0.2, -0.15) is 9.78 Å². The molecular formula is C20H20N2O3. The van der Waals surface area contributed by atoms with Gasteiger partial charge < -0.3 is 14.6 Å². The third kappa shape index (κ3) is 2.19. The maximum Gasteiger partial charge on any atom is 0.230 e. The van der Waals surface area contributed by atoms with Gasteiger partial charge >= 0.3 is 0 Å². The van der Waals surface area contributed by atoms with E-state index in [1.54, 1.807) is 10.7 Å². The Labute approximate surface area is 145 Å². The fourth-order valence-corrected chi connectivity index (χ4v) is 3.38. The lowest BCUT2D eigenvalue weighted by Crippen LogP contribution is -2.11. The van der Waals surface area contributed by atoms with Gasteiger partial charge in [0.2, 0.25) is 5.71 Å². The lowest BCUT2D eigenvalue weighted by Gasteiger charge is -2.21. The summed E-state index contributed by atoms with van der Waals surface area (Å²) >= 11 is 0. The summed E-state index contributed by atoms with van der Waals surface area (Å²) in [7, 11) is 0. The van der Waals surface area contributed by atoms with Crippen LogP contribution in [0.3, 0.4) is 0 Å². The van der Waals surface area contributed by atoms with Gasteiger partial charge in [-0.25, -0.2) is 0 Å². The van der Waals surface area contributed by atoms with Crippen molar-refractivity contribution in [3.8, 4) is 17.2 Å². The third-order valence-electron chi connectivity index (χ3n) is 4.47. The van der Waals surface area contributed by atoms with Crippen LogP contribution in [0.5, 0.6) is 11.5 Å². The van der Waals surface area contributed by atoms with Crippen LogP contribution in [0.25, 0.3) is 27.8 Å². The minimum atomic E-state index is -0.394. The molecule has 0 saturated carbocycles. The molecule has 5 heteroatoms. The first-order valence-electron chi connectivity index (χ1n) is 8.21. The molecule has 0 unspecified atom stereocenters. The van der Waals surface area contributed by atoms with Crippen LogP contribution in [0, 0.1) is 6.92 Å². The van der Waals surface area contributed by atoms with Crippen LogP contribution in [0.15, 0.2) is 40.8 Å². The van der Waals surface area contributed by atoms with Crippen molar-refractivity contribution in [2.45, 2.75) is 33.1 Å². The number of aromatic hydroxyl groups is 2. The van der Waals surface area contributed by atoms with Crippen LogP contribution in [0.4, 0.5) is 0 Å². The number of aryl methyl sites for hydroxylation is 1. The maximum atomic E-state index is 10.4. The minimum absolute atomic E-state index is 0.131. The molecule has 0 aliphatic carbocycles. The molecule has 0 atom stereocenters. The van der Waals surface area contributed by atoms with Gasteiger partial charge in [-0.1, -0.05) is 39.0 Å². The molecule has 0 amide bonds. The van der Waals surface area contributed by atoms with Crippen molar-refractivity contribution >= 4 is 22.1 Å². The van der Waals surface area contributed by atoms with Gasteiger partial charge in [0.25, 0.3) is 0 Å². The highest BCUT2D eigenvalue weighted by atomic mass is 16.3. The smallest absolute Gasteiger partial charge is 0.230 e. The predicted octanol–water partition coefficient (Wildman–Crippen LogP) is 4.79. The maximum absolute atomic E-state index is 10.4. The number of phenolic OH excluding ortho intramolecular Hbond substituents is 2. The third-order valence-corrected chi connectivity index (χ3v) is 4.47. The molecule has 0 radical (unpaired) electrons. The summed E-state index contributed by atoms with van der Waals surface area (Å²) in [5.74, 6) is -0.278. The molecule has 2 heterocycles. The summed E-state index contributed by atoms with van der Waals surface area (Å²) in [5, 5.41) is 26.9. The van der Waals surface area contributed by atoms with Gasteiger partial charge in [0.05, 0.1) is 16.8 Å². The molecule has 0 fully saturated rings. The van der Waals surface area contributed by atoms with E-state index in [9.17, 15) is 10.2 Å². The van der Waals surface area contributed by atoms with Crippen molar-refractivity contribution in [1.82, 2.24) is 9.78 Å².